The first-order chi connectivity index (χ1) is 16.0. The predicted octanol–water partition coefficient (Wildman–Crippen LogP) is 1.67. The monoisotopic (exact) mass is 492 g/mol. The normalized spacial score (nSPS) is 28.4. The Morgan fingerprint density at radius 3 is 2.76 bits per heavy atom. The Bertz CT molecular complexity index is 1110. The summed E-state index contributed by atoms with van der Waals surface area (Å²) in [6, 6.07) is 10.3. The van der Waals surface area contributed by atoms with E-state index in [0.29, 0.717) is 22.2 Å². The van der Waals surface area contributed by atoms with Crippen molar-refractivity contribution >= 4 is 40.3 Å². The molecular formula is C21H25ClN6O4S. The van der Waals surface area contributed by atoms with E-state index in [2.05, 4.69) is 37.5 Å². The number of aliphatic hydroxyl groups is 3. The maximum atomic E-state index is 10.4. The van der Waals surface area contributed by atoms with Crippen LogP contribution in [0.2, 0.25) is 5.28 Å². The van der Waals surface area contributed by atoms with Crippen molar-refractivity contribution in [1.29, 1.82) is 0 Å². The van der Waals surface area contributed by atoms with E-state index in [1.165, 1.54) is 15.8 Å². The number of fused-ring (bicyclic) bond motifs is 1. The number of anilines is 1. The van der Waals surface area contributed by atoms with Gasteiger partial charge in [-0.25, -0.2) is 9.99 Å². The molecule has 2 aliphatic heterocycles. The Hall–Kier alpha value is -1.99. The molecule has 176 valence electrons. The molecule has 0 saturated carbocycles. The molecule has 5 rings (SSSR count). The fourth-order valence-electron chi connectivity index (χ4n) is 4.24. The van der Waals surface area contributed by atoms with E-state index in [1.807, 2.05) is 30.0 Å². The van der Waals surface area contributed by atoms with Gasteiger partial charge in [0.15, 0.2) is 23.2 Å². The molecule has 4 N–H and O–H groups in total. The highest BCUT2D eigenvalue weighted by Crippen LogP contribution is 2.34. The Labute approximate surface area is 199 Å². The van der Waals surface area contributed by atoms with E-state index < -0.39 is 31.1 Å². The molecule has 33 heavy (non-hydrogen) atoms. The number of hydrazine groups is 1. The number of rotatable bonds is 6. The summed E-state index contributed by atoms with van der Waals surface area (Å²) in [6.45, 7) is 1.25. The molecule has 2 saturated heterocycles. The van der Waals surface area contributed by atoms with Gasteiger partial charge in [-0.2, -0.15) is 9.97 Å². The molecule has 1 unspecified atom stereocenters. The summed E-state index contributed by atoms with van der Waals surface area (Å²) >= 11 is 8.08. The molecule has 0 amide bonds. The number of halogens is 1. The van der Waals surface area contributed by atoms with Gasteiger partial charge in [-0.3, -0.25) is 4.57 Å². The van der Waals surface area contributed by atoms with Crippen LogP contribution in [-0.4, -0.2) is 83.1 Å². The van der Waals surface area contributed by atoms with Gasteiger partial charge in [-0.15, -0.1) is 11.8 Å². The summed E-state index contributed by atoms with van der Waals surface area (Å²) in [7, 11) is 0. The third-order valence-electron chi connectivity index (χ3n) is 5.87. The van der Waals surface area contributed by atoms with E-state index in [0.717, 1.165) is 25.9 Å². The molecule has 2 fully saturated rings. The second-order valence-corrected chi connectivity index (χ2v) is 9.86. The standard InChI is InChI=1S/C21H25ClN6O4S/c22-21-24-18(26-27-8-4-7-13(9-27)33-12-5-2-1-3-6-12)15-19(25-21)28(11-23-15)20-17(31)16(30)14(10-29)32-20/h1-3,5-6,11,13-14,16-17,20,29-31H,4,7-10H2,(H,24,25,26)/t13?,14-,16-,17-,20-/m1/s1. The highest BCUT2D eigenvalue weighted by Gasteiger charge is 2.44. The second kappa shape index (κ2) is 9.71. The fourth-order valence-corrected chi connectivity index (χ4v) is 5.64. The SMILES string of the molecule is OC[C@H]1O[C@@H](n2cnc3c(NN4CCCC(Sc5ccccc5)C4)nc(Cl)nc32)[C@H](O)[C@@H]1O. The van der Waals surface area contributed by atoms with E-state index >= 15 is 0 Å². The number of ether oxygens (including phenoxy) is 1. The van der Waals surface area contributed by atoms with Crippen molar-refractivity contribution in [2.75, 3.05) is 25.1 Å². The molecule has 0 spiro atoms. The molecule has 4 heterocycles. The van der Waals surface area contributed by atoms with Crippen LogP contribution in [0.15, 0.2) is 41.6 Å². The number of nitrogens with one attached hydrogen (secondary N) is 1. The van der Waals surface area contributed by atoms with Gasteiger partial charge in [0.05, 0.1) is 12.9 Å². The van der Waals surface area contributed by atoms with Crippen LogP contribution in [0.25, 0.3) is 11.2 Å². The van der Waals surface area contributed by atoms with Crippen LogP contribution in [0.5, 0.6) is 0 Å². The smallest absolute Gasteiger partial charge is 0.226 e. The summed E-state index contributed by atoms with van der Waals surface area (Å²) in [6.07, 6.45) is -0.700. The lowest BCUT2D eigenvalue weighted by Gasteiger charge is -2.32. The van der Waals surface area contributed by atoms with Crippen LogP contribution in [-0.2, 0) is 4.74 Å². The van der Waals surface area contributed by atoms with Gasteiger partial charge in [-0.05, 0) is 36.6 Å². The van der Waals surface area contributed by atoms with Crippen LogP contribution < -0.4 is 5.43 Å². The van der Waals surface area contributed by atoms with Gasteiger partial charge in [0.2, 0.25) is 5.28 Å². The molecule has 2 aliphatic rings. The molecule has 1 aromatic carbocycles. The molecule has 10 nitrogen and oxygen atoms in total. The third-order valence-corrected chi connectivity index (χ3v) is 7.31. The number of imidazole rings is 1. The number of aromatic nitrogens is 4. The quantitative estimate of drug-likeness (QED) is 0.377. The summed E-state index contributed by atoms with van der Waals surface area (Å²) in [5.41, 5.74) is 4.17. The van der Waals surface area contributed by atoms with Crippen molar-refractivity contribution in [1.82, 2.24) is 24.5 Å². The van der Waals surface area contributed by atoms with Gasteiger partial charge in [0.25, 0.3) is 0 Å². The first kappa shape index (κ1) is 22.8. The Morgan fingerprint density at radius 2 is 2.00 bits per heavy atom. The number of thioether (sulfide) groups is 1. The van der Waals surface area contributed by atoms with Crippen LogP contribution >= 0.6 is 23.4 Å². The Kier molecular flexibility index (Phi) is 6.70. The highest BCUT2D eigenvalue weighted by molar-refractivity contribution is 8.00. The lowest BCUT2D eigenvalue weighted by molar-refractivity contribution is -0.0511. The van der Waals surface area contributed by atoms with Gasteiger partial charge in [0, 0.05) is 23.2 Å². The number of hydrogen-bond acceptors (Lipinski definition) is 10. The van der Waals surface area contributed by atoms with Crippen molar-refractivity contribution < 1.29 is 20.1 Å². The third kappa shape index (κ3) is 4.67. The largest absolute Gasteiger partial charge is 0.394 e. The first-order valence-electron chi connectivity index (χ1n) is 10.8. The molecule has 3 aromatic rings. The van der Waals surface area contributed by atoms with E-state index in [4.69, 9.17) is 16.3 Å². The topological polar surface area (TPSA) is 129 Å². The molecule has 0 aliphatic carbocycles. The van der Waals surface area contributed by atoms with E-state index in [1.54, 1.807) is 0 Å². The molecule has 2 aromatic heterocycles. The van der Waals surface area contributed by atoms with Crippen LogP contribution in [0.3, 0.4) is 0 Å². The summed E-state index contributed by atoms with van der Waals surface area (Å²) in [5, 5.41) is 32.4. The lowest BCUT2D eigenvalue weighted by Crippen LogP contribution is -2.41. The maximum Gasteiger partial charge on any atom is 0.226 e. The maximum absolute atomic E-state index is 10.4. The average Bonchev–Trinajstić information content (AvgIpc) is 3.35. The Morgan fingerprint density at radius 1 is 1.18 bits per heavy atom. The summed E-state index contributed by atoms with van der Waals surface area (Å²) < 4.78 is 7.13. The number of nitrogens with zero attached hydrogens (tertiary/aromatic N) is 5. The average molecular weight is 493 g/mol. The van der Waals surface area contributed by atoms with Gasteiger partial charge < -0.3 is 25.5 Å². The van der Waals surface area contributed by atoms with Crippen molar-refractivity contribution in [3.8, 4) is 0 Å². The zero-order valence-electron chi connectivity index (χ0n) is 17.7. The zero-order valence-corrected chi connectivity index (χ0v) is 19.2. The van der Waals surface area contributed by atoms with Crippen LogP contribution in [0, 0.1) is 0 Å². The van der Waals surface area contributed by atoms with Gasteiger partial charge in [-0.1, -0.05) is 18.2 Å². The minimum atomic E-state index is -1.25. The molecule has 0 radical (unpaired) electrons. The number of hydrogen-bond donors (Lipinski definition) is 4. The van der Waals surface area contributed by atoms with Gasteiger partial charge in [0.1, 0.15) is 18.3 Å². The Balaban J connectivity index is 1.36. The fraction of sp³-hybridized carbons (Fsp3) is 0.476. The van der Waals surface area contributed by atoms with Crippen molar-refractivity contribution in [2.45, 2.75) is 47.5 Å². The van der Waals surface area contributed by atoms with Crippen molar-refractivity contribution in [2.24, 2.45) is 0 Å². The first-order valence-corrected chi connectivity index (χ1v) is 12.0. The minimum Gasteiger partial charge on any atom is -0.394 e. The predicted molar refractivity (Wildman–Crippen MR) is 124 cm³/mol. The zero-order chi connectivity index (χ0) is 22.9. The summed E-state index contributed by atoms with van der Waals surface area (Å²) in [5.74, 6) is 0.459. The van der Waals surface area contributed by atoms with Crippen LogP contribution in [0.1, 0.15) is 19.1 Å². The number of aliphatic hydroxyl groups excluding tert-OH is 3. The second-order valence-electron chi connectivity index (χ2n) is 8.15. The van der Waals surface area contributed by atoms with E-state index in [9.17, 15) is 15.3 Å². The highest BCUT2D eigenvalue weighted by atomic mass is 35.5. The summed E-state index contributed by atoms with van der Waals surface area (Å²) in [4.78, 5) is 14.3. The molecule has 5 atom stereocenters. The van der Waals surface area contributed by atoms with Crippen molar-refractivity contribution in [3.05, 3.63) is 41.9 Å². The van der Waals surface area contributed by atoms with Crippen molar-refractivity contribution in [3.63, 3.8) is 0 Å². The van der Waals surface area contributed by atoms with Gasteiger partial charge >= 0.3 is 0 Å². The number of piperidine rings is 1. The molecular weight excluding hydrogens is 468 g/mol. The minimum absolute atomic E-state index is 0.0192. The molecule has 12 heteroatoms. The lowest BCUT2D eigenvalue weighted by atomic mass is 10.1. The molecule has 0 bridgehead atoms. The number of benzene rings is 1. The van der Waals surface area contributed by atoms with Crippen LogP contribution in [0.4, 0.5) is 5.82 Å². The van der Waals surface area contributed by atoms with E-state index in [-0.39, 0.29) is 5.28 Å².